The molecule has 0 aliphatic heterocycles. The molecule has 0 fully saturated rings. The number of allylic oxidation sites excluding steroid dienone is 6. The quantitative estimate of drug-likeness (QED) is 0.375. The van der Waals surface area contributed by atoms with Gasteiger partial charge in [0.15, 0.2) is 0 Å². The van der Waals surface area contributed by atoms with Crippen LogP contribution >= 0.6 is 0 Å². The third kappa shape index (κ3) is 12.4. The number of benzene rings is 1. The van der Waals surface area contributed by atoms with E-state index in [2.05, 4.69) is 0 Å². The molecule has 0 aliphatic rings. The molecule has 0 heterocycles. The molecule has 6 nitrogen and oxygen atoms in total. The molecule has 1 rings (SSSR count). The molecule has 0 aliphatic carbocycles. The molecular formula is C22H27FO6. The summed E-state index contributed by atoms with van der Waals surface area (Å²) >= 11 is 0. The van der Waals surface area contributed by atoms with Crippen molar-refractivity contribution in [3.8, 4) is 5.75 Å². The highest BCUT2D eigenvalue weighted by atomic mass is 19.1. The number of aliphatic hydroxyl groups is 3. The molecule has 0 saturated carbocycles. The lowest BCUT2D eigenvalue weighted by Gasteiger charge is -2.13. The van der Waals surface area contributed by atoms with Crippen LogP contribution in [0.2, 0.25) is 0 Å². The number of ether oxygens (including phenoxy) is 1. The van der Waals surface area contributed by atoms with Crippen LogP contribution in [0.4, 0.5) is 4.39 Å². The van der Waals surface area contributed by atoms with E-state index in [0.29, 0.717) is 12.2 Å². The number of halogens is 1. The van der Waals surface area contributed by atoms with Gasteiger partial charge in [-0.25, -0.2) is 4.39 Å². The van der Waals surface area contributed by atoms with E-state index >= 15 is 0 Å². The van der Waals surface area contributed by atoms with Gasteiger partial charge in [-0.05, 0) is 37.1 Å². The first-order valence-electron chi connectivity index (χ1n) is 9.21. The van der Waals surface area contributed by atoms with Crippen LogP contribution in [-0.4, -0.2) is 51.3 Å². The molecular weight excluding hydrogens is 379 g/mol. The minimum absolute atomic E-state index is 0.0429. The second-order valence-electron chi connectivity index (χ2n) is 6.22. The summed E-state index contributed by atoms with van der Waals surface area (Å²) in [7, 11) is 0. The number of rotatable bonds is 13. The monoisotopic (exact) mass is 406 g/mol. The minimum atomic E-state index is -1.06. The summed E-state index contributed by atoms with van der Waals surface area (Å²) in [4.78, 5) is 10.4. The van der Waals surface area contributed by atoms with E-state index < -0.39 is 24.3 Å². The molecule has 29 heavy (non-hydrogen) atoms. The predicted octanol–water partition coefficient (Wildman–Crippen LogP) is 2.77. The van der Waals surface area contributed by atoms with E-state index in [0.717, 1.165) is 0 Å². The number of hydrogen-bond acceptors (Lipinski definition) is 5. The molecule has 1 aromatic carbocycles. The van der Waals surface area contributed by atoms with Gasteiger partial charge in [-0.15, -0.1) is 0 Å². The predicted molar refractivity (Wildman–Crippen MR) is 108 cm³/mol. The normalized spacial score (nSPS) is 15.4. The van der Waals surface area contributed by atoms with E-state index in [9.17, 15) is 24.5 Å². The van der Waals surface area contributed by atoms with Gasteiger partial charge in [-0.3, -0.25) is 4.79 Å². The van der Waals surface area contributed by atoms with Gasteiger partial charge in [0.05, 0.1) is 12.2 Å². The fraction of sp³-hybridized carbons (Fsp3) is 0.318. The molecule has 0 saturated heterocycles. The van der Waals surface area contributed by atoms with Crippen molar-refractivity contribution in [2.24, 2.45) is 0 Å². The maximum absolute atomic E-state index is 12.8. The number of aliphatic hydroxyl groups excluding tert-OH is 3. The van der Waals surface area contributed by atoms with Crippen molar-refractivity contribution in [1.82, 2.24) is 0 Å². The number of aliphatic carboxylic acids is 1. The molecule has 3 atom stereocenters. The lowest BCUT2D eigenvalue weighted by molar-refractivity contribution is -0.137. The van der Waals surface area contributed by atoms with Crippen molar-refractivity contribution in [2.75, 3.05) is 6.61 Å². The minimum Gasteiger partial charge on any atom is -0.491 e. The van der Waals surface area contributed by atoms with Crippen molar-refractivity contribution in [1.29, 1.82) is 0 Å². The van der Waals surface area contributed by atoms with Gasteiger partial charge in [-0.2, -0.15) is 0 Å². The number of carbonyl (C=O) groups is 1. The fourth-order valence-electron chi connectivity index (χ4n) is 2.16. The largest absolute Gasteiger partial charge is 0.491 e. The first kappa shape index (κ1) is 24.3. The standard InChI is InChI=1S/C22H27FO6/c23-17-12-14-19(15-13-17)29-16-18(24)8-5-3-1-2-4-6-9-20(25)21(26)10-7-11-22(27)28/h1-6,8-9,12-15,18,20-21,24-26H,7,10-11,16H2,(H,27,28)/t18-,20-,21+/m1/s1. The van der Waals surface area contributed by atoms with Gasteiger partial charge >= 0.3 is 5.97 Å². The third-order valence-electron chi connectivity index (χ3n) is 3.72. The topological polar surface area (TPSA) is 107 Å². The smallest absolute Gasteiger partial charge is 0.303 e. The molecule has 7 heteroatoms. The average molecular weight is 406 g/mol. The van der Waals surface area contributed by atoms with Crippen LogP contribution in [0.15, 0.2) is 72.9 Å². The lowest BCUT2D eigenvalue weighted by atomic mass is 10.1. The van der Waals surface area contributed by atoms with Crippen LogP contribution in [-0.2, 0) is 4.79 Å². The zero-order chi connectivity index (χ0) is 21.5. The average Bonchev–Trinajstić information content (AvgIpc) is 2.69. The molecule has 1 aromatic rings. The maximum Gasteiger partial charge on any atom is 0.303 e. The van der Waals surface area contributed by atoms with Gasteiger partial charge in [0.1, 0.15) is 24.3 Å². The van der Waals surface area contributed by atoms with Gasteiger partial charge in [0.25, 0.3) is 0 Å². The van der Waals surface area contributed by atoms with E-state index in [1.54, 1.807) is 42.5 Å². The van der Waals surface area contributed by atoms with E-state index in [1.165, 1.54) is 30.3 Å². The Hall–Kier alpha value is -2.74. The van der Waals surface area contributed by atoms with Crippen LogP contribution in [0.5, 0.6) is 5.75 Å². The summed E-state index contributed by atoms with van der Waals surface area (Å²) in [6.07, 6.45) is 10.5. The highest BCUT2D eigenvalue weighted by molar-refractivity contribution is 5.66. The molecule has 4 N–H and O–H groups in total. The Kier molecular flexibility index (Phi) is 12.0. The first-order valence-corrected chi connectivity index (χ1v) is 9.21. The Morgan fingerprint density at radius 3 is 2.17 bits per heavy atom. The molecule has 0 amide bonds. The van der Waals surface area contributed by atoms with Crippen molar-refractivity contribution in [3.05, 3.63) is 78.7 Å². The summed E-state index contributed by atoms with van der Waals surface area (Å²) in [6, 6.07) is 5.52. The Balaban J connectivity index is 2.24. The molecule has 0 bridgehead atoms. The Morgan fingerprint density at radius 2 is 1.55 bits per heavy atom. The van der Waals surface area contributed by atoms with Crippen LogP contribution in [0.3, 0.4) is 0 Å². The van der Waals surface area contributed by atoms with Crippen LogP contribution < -0.4 is 4.74 Å². The zero-order valence-electron chi connectivity index (χ0n) is 16.0. The summed E-state index contributed by atoms with van der Waals surface area (Å²) in [5, 5.41) is 37.7. The van der Waals surface area contributed by atoms with Crippen LogP contribution in [0, 0.1) is 5.82 Å². The van der Waals surface area contributed by atoms with Crippen molar-refractivity contribution in [2.45, 2.75) is 37.6 Å². The fourth-order valence-corrected chi connectivity index (χ4v) is 2.16. The summed E-state index contributed by atoms with van der Waals surface area (Å²) in [5.41, 5.74) is 0. The van der Waals surface area contributed by atoms with E-state index in [1.807, 2.05) is 0 Å². The summed E-state index contributed by atoms with van der Waals surface area (Å²) < 4.78 is 18.1. The number of hydrogen-bond donors (Lipinski definition) is 4. The second kappa shape index (κ2) is 14.3. The third-order valence-corrected chi connectivity index (χ3v) is 3.72. The van der Waals surface area contributed by atoms with E-state index in [4.69, 9.17) is 9.84 Å². The highest BCUT2D eigenvalue weighted by Gasteiger charge is 2.12. The van der Waals surface area contributed by atoms with Crippen molar-refractivity contribution < 1.29 is 34.3 Å². The van der Waals surface area contributed by atoms with Crippen LogP contribution in [0.25, 0.3) is 0 Å². The van der Waals surface area contributed by atoms with Crippen molar-refractivity contribution >= 4 is 5.97 Å². The highest BCUT2D eigenvalue weighted by Crippen LogP contribution is 2.11. The Bertz CT molecular complexity index is 709. The van der Waals surface area contributed by atoms with Gasteiger partial charge in [0, 0.05) is 6.42 Å². The number of carboxylic acid groups (broad SMARTS) is 1. The Labute approximate surface area is 169 Å². The summed E-state index contributed by atoms with van der Waals surface area (Å²) in [6.45, 7) is 0.0429. The molecule has 158 valence electrons. The van der Waals surface area contributed by atoms with E-state index in [-0.39, 0.29) is 25.3 Å². The lowest BCUT2D eigenvalue weighted by Crippen LogP contribution is -2.23. The SMILES string of the molecule is O=C(O)CCC[C@H](O)[C@H](O)C=CC=CC=CC=C[C@@H](O)COc1ccc(F)cc1. The Morgan fingerprint density at radius 1 is 0.966 bits per heavy atom. The number of carboxylic acids is 1. The first-order chi connectivity index (χ1) is 13.9. The van der Waals surface area contributed by atoms with Gasteiger partial charge in [-0.1, -0.05) is 48.6 Å². The maximum atomic E-state index is 12.8. The van der Waals surface area contributed by atoms with Crippen LogP contribution in [0.1, 0.15) is 19.3 Å². The molecule has 0 unspecified atom stereocenters. The second-order valence-corrected chi connectivity index (χ2v) is 6.22. The molecule has 0 aromatic heterocycles. The van der Waals surface area contributed by atoms with Gasteiger partial charge in [0.2, 0.25) is 0 Å². The van der Waals surface area contributed by atoms with Gasteiger partial charge < -0.3 is 25.2 Å². The molecule has 0 radical (unpaired) electrons. The zero-order valence-corrected chi connectivity index (χ0v) is 16.0. The van der Waals surface area contributed by atoms with Crippen molar-refractivity contribution in [3.63, 3.8) is 0 Å². The molecule has 0 spiro atoms. The summed E-state index contributed by atoms with van der Waals surface area (Å²) in [5.74, 6) is -0.815.